The zero-order chi connectivity index (χ0) is 18.8. The summed E-state index contributed by atoms with van der Waals surface area (Å²) >= 11 is 0. The second-order valence-electron chi connectivity index (χ2n) is 11.3. The molecule has 6 atom stereocenters. The van der Waals surface area contributed by atoms with Crippen LogP contribution in [0, 0.1) is 46.3 Å². The van der Waals surface area contributed by atoms with E-state index in [1.54, 1.807) is 0 Å². The van der Waals surface area contributed by atoms with Crippen LogP contribution in [0.2, 0.25) is 0 Å². The van der Waals surface area contributed by atoms with E-state index in [0.717, 1.165) is 35.5 Å². The van der Waals surface area contributed by atoms with Crippen molar-refractivity contribution in [2.24, 2.45) is 46.3 Å². The minimum Gasteiger partial charge on any atom is -0.0654 e. The molecule has 25 heavy (non-hydrogen) atoms. The molecule has 2 aliphatic carbocycles. The van der Waals surface area contributed by atoms with Gasteiger partial charge in [-0.25, -0.2) is 0 Å². The summed E-state index contributed by atoms with van der Waals surface area (Å²) in [6.45, 7) is 20.1. The normalized spacial score (nSPS) is 37.3. The highest BCUT2D eigenvalue weighted by Gasteiger charge is 2.55. The molecule has 0 amide bonds. The van der Waals surface area contributed by atoms with Crippen LogP contribution in [0.1, 0.15) is 113 Å². The number of hydrogen-bond acceptors (Lipinski definition) is 0. The molecule has 2 rings (SSSR count). The minimum absolute atomic E-state index is 0.538. The van der Waals surface area contributed by atoms with Gasteiger partial charge in [-0.15, -0.1) is 0 Å². The Labute approximate surface area is 159 Å². The van der Waals surface area contributed by atoms with Crippen LogP contribution in [0.25, 0.3) is 0 Å². The summed E-state index contributed by atoms with van der Waals surface area (Å²) in [6.07, 6.45) is 13.1. The Morgan fingerprint density at radius 1 is 1.04 bits per heavy atom. The van der Waals surface area contributed by atoms with E-state index >= 15 is 0 Å². The standard InChI is InChI=1S/C25H48/c1-9-16-24(6,7)22-15-17-25(8)21(13-14-23(25)20(22)5)19(4)12-10-11-18(2)3/h18-23H,9-17H2,1-8H3. The number of rotatable bonds is 8. The summed E-state index contributed by atoms with van der Waals surface area (Å²) in [6, 6.07) is 0. The molecule has 0 nitrogen and oxygen atoms in total. The molecule has 2 fully saturated rings. The summed E-state index contributed by atoms with van der Waals surface area (Å²) in [5.41, 5.74) is 1.17. The van der Waals surface area contributed by atoms with Crippen molar-refractivity contribution in [3.63, 3.8) is 0 Å². The topological polar surface area (TPSA) is 0 Å². The Bertz CT molecular complexity index is 406. The molecule has 0 heteroatoms. The Hall–Kier alpha value is 0. The van der Waals surface area contributed by atoms with Crippen LogP contribution in [-0.4, -0.2) is 0 Å². The molecule has 0 aromatic heterocycles. The Balaban J connectivity index is 2.03. The molecule has 0 saturated heterocycles. The molecular weight excluding hydrogens is 300 g/mol. The average Bonchev–Trinajstić information content (AvgIpc) is 2.84. The first-order valence-corrected chi connectivity index (χ1v) is 11.6. The highest BCUT2D eigenvalue weighted by atomic mass is 14.6. The molecule has 0 N–H and O–H groups in total. The molecule has 0 aromatic rings. The first kappa shape index (κ1) is 21.3. The van der Waals surface area contributed by atoms with E-state index in [-0.39, 0.29) is 0 Å². The molecule has 2 saturated carbocycles. The van der Waals surface area contributed by atoms with Crippen molar-refractivity contribution in [1.82, 2.24) is 0 Å². The van der Waals surface area contributed by atoms with E-state index in [0.29, 0.717) is 10.8 Å². The number of fused-ring (bicyclic) bond motifs is 1. The van der Waals surface area contributed by atoms with Crippen LogP contribution in [0.3, 0.4) is 0 Å². The van der Waals surface area contributed by atoms with Crippen LogP contribution in [0.5, 0.6) is 0 Å². The van der Waals surface area contributed by atoms with Gasteiger partial charge in [0, 0.05) is 0 Å². The lowest BCUT2D eigenvalue weighted by atomic mass is 9.52. The molecule has 0 radical (unpaired) electrons. The van der Waals surface area contributed by atoms with Gasteiger partial charge < -0.3 is 0 Å². The lowest BCUT2D eigenvalue weighted by Gasteiger charge is -2.53. The SMILES string of the molecule is CCCC(C)(C)C1CCC2(C)C(C(C)CCCC(C)C)CCC2C1C. The summed E-state index contributed by atoms with van der Waals surface area (Å²) < 4.78 is 0. The highest BCUT2D eigenvalue weighted by Crippen LogP contribution is 2.63. The minimum atomic E-state index is 0.538. The van der Waals surface area contributed by atoms with Crippen molar-refractivity contribution in [2.75, 3.05) is 0 Å². The van der Waals surface area contributed by atoms with Crippen LogP contribution in [0.4, 0.5) is 0 Å². The van der Waals surface area contributed by atoms with Gasteiger partial charge in [-0.1, -0.05) is 81.1 Å². The van der Waals surface area contributed by atoms with E-state index in [1.165, 1.54) is 57.8 Å². The highest BCUT2D eigenvalue weighted by molar-refractivity contribution is 5.04. The van der Waals surface area contributed by atoms with E-state index in [2.05, 4.69) is 55.4 Å². The van der Waals surface area contributed by atoms with E-state index < -0.39 is 0 Å². The zero-order valence-electron chi connectivity index (χ0n) is 18.8. The van der Waals surface area contributed by atoms with E-state index in [1.807, 2.05) is 0 Å². The fourth-order valence-corrected chi connectivity index (χ4v) is 7.45. The maximum atomic E-state index is 2.69. The number of hydrogen-bond donors (Lipinski definition) is 0. The third kappa shape index (κ3) is 4.47. The van der Waals surface area contributed by atoms with Gasteiger partial charge in [-0.2, -0.15) is 0 Å². The van der Waals surface area contributed by atoms with Gasteiger partial charge in [0.15, 0.2) is 0 Å². The van der Waals surface area contributed by atoms with Crippen molar-refractivity contribution < 1.29 is 0 Å². The molecule has 0 spiro atoms. The quantitative estimate of drug-likeness (QED) is 0.413. The third-order valence-corrected chi connectivity index (χ3v) is 8.77. The van der Waals surface area contributed by atoms with Crippen LogP contribution in [-0.2, 0) is 0 Å². The largest absolute Gasteiger partial charge is 0.0654 e. The third-order valence-electron chi connectivity index (χ3n) is 8.77. The lowest BCUT2D eigenvalue weighted by molar-refractivity contribution is -0.0386. The Morgan fingerprint density at radius 2 is 1.72 bits per heavy atom. The van der Waals surface area contributed by atoms with Gasteiger partial charge in [0.1, 0.15) is 0 Å². The molecule has 6 unspecified atom stereocenters. The van der Waals surface area contributed by atoms with Gasteiger partial charge in [0.05, 0.1) is 0 Å². The van der Waals surface area contributed by atoms with E-state index in [4.69, 9.17) is 0 Å². The molecule has 0 heterocycles. The van der Waals surface area contributed by atoms with Gasteiger partial charge in [-0.05, 0) is 78.4 Å². The summed E-state index contributed by atoms with van der Waals surface area (Å²) in [4.78, 5) is 0. The van der Waals surface area contributed by atoms with Gasteiger partial charge >= 0.3 is 0 Å². The first-order chi connectivity index (χ1) is 11.6. The van der Waals surface area contributed by atoms with Crippen LogP contribution >= 0.6 is 0 Å². The predicted octanol–water partition coefficient (Wildman–Crippen LogP) is 8.35. The monoisotopic (exact) mass is 348 g/mol. The van der Waals surface area contributed by atoms with Crippen LogP contribution in [0.15, 0.2) is 0 Å². The van der Waals surface area contributed by atoms with Crippen molar-refractivity contribution in [2.45, 2.75) is 113 Å². The lowest BCUT2D eigenvalue weighted by Crippen LogP contribution is -2.45. The van der Waals surface area contributed by atoms with Gasteiger partial charge in [0.25, 0.3) is 0 Å². The Morgan fingerprint density at radius 3 is 2.32 bits per heavy atom. The second kappa shape index (κ2) is 8.35. The molecule has 0 aromatic carbocycles. The van der Waals surface area contributed by atoms with Gasteiger partial charge in [0.2, 0.25) is 0 Å². The first-order valence-electron chi connectivity index (χ1n) is 11.6. The average molecular weight is 349 g/mol. The van der Waals surface area contributed by atoms with Gasteiger partial charge in [-0.3, -0.25) is 0 Å². The van der Waals surface area contributed by atoms with Crippen molar-refractivity contribution in [3.05, 3.63) is 0 Å². The summed E-state index contributed by atoms with van der Waals surface area (Å²) in [7, 11) is 0. The van der Waals surface area contributed by atoms with E-state index in [9.17, 15) is 0 Å². The molecule has 2 aliphatic rings. The maximum Gasteiger partial charge on any atom is -0.0264 e. The summed E-state index contributed by atoms with van der Waals surface area (Å²) in [5, 5.41) is 0. The van der Waals surface area contributed by atoms with Crippen LogP contribution < -0.4 is 0 Å². The fraction of sp³-hybridized carbons (Fsp3) is 1.00. The maximum absolute atomic E-state index is 2.69. The van der Waals surface area contributed by atoms with Crippen molar-refractivity contribution in [1.29, 1.82) is 0 Å². The van der Waals surface area contributed by atoms with Crippen molar-refractivity contribution in [3.8, 4) is 0 Å². The van der Waals surface area contributed by atoms with Crippen molar-refractivity contribution >= 4 is 0 Å². The molecule has 0 aliphatic heterocycles. The fourth-order valence-electron chi connectivity index (χ4n) is 7.45. The molecular formula is C25H48. The second-order valence-corrected chi connectivity index (χ2v) is 11.3. The smallest absolute Gasteiger partial charge is 0.0264 e. The zero-order valence-corrected chi connectivity index (χ0v) is 18.8. The Kier molecular flexibility index (Phi) is 7.11. The molecule has 148 valence electrons. The predicted molar refractivity (Wildman–Crippen MR) is 113 cm³/mol. The summed E-state index contributed by atoms with van der Waals surface area (Å²) in [5.74, 6) is 5.65. The molecule has 0 bridgehead atoms.